The van der Waals surface area contributed by atoms with Gasteiger partial charge in [-0.3, -0.25) is 9.59 Å². The molecule has 2 aromatic heterocycles. The molecule has 21 heavy (non-hydrogen) atoms. The highest BCUT2D eigenvalue weighted by atomic mass is 127. The third-order valence-corrected chi connectivity index (χ3v) is 5.91. The molecule has 7 heteroatoms. The maximum atomic E-state index is 12.3. The van der Waals surface area contributed by atoms with Crippen LogP contribution in [0.5, 0.6) is 0 Å². The van der Waals surface area contributed by atoms with E-state index in [9.17, 15) is 9.59 Å². The molecular weight excluding hydrogens is 419 g/mol. The van der Waals surface area contributed by atoms with Crippen LogP contribution in [0.4, 0.5) is 0 Å². The Labute approximate surface area is 144 Å². The van der Waals surface area contributed by atoms with Crippen molar-refractivity contribution in [3.05, 3.63) is 42.3 Å². The Hall–Kier alpha value is -0.930. The average Bonchev–Trinajstić information content (AvgIpc) is 3.17. The lowest BCUT2D eigenvalue weighted by molar-refractivity contribution is 0.0536. The van der Waals surface area contributed by atoms with E-state index in [1.54, 1.807) is 11.3 Å². The number of hydrogen-bond acceptors (Lipinski definition) is 4. The standard InChI is InChI=1S/C14H13IN2O2S2/c15-12-7-11(9-21-12)14(19)17-4-2-16(3-5-17)13(18)10-1-6-20-8-10/h1,6-9H,2-5H2. The van der Waals surface area contributed by atoms with Crippen LogP contribution in [-0.4, -0.2) is 47.8 Å². The van der Waals surface area contributed by atoms with Gasteiger partial charge in [-0.15, -0.1) is 11.3 Å². The minimum atomic E-state index is 0.0634. The van der Waals surface area contributed by atoms with Crippen LogP contribution in [0, 0.1) is 2.88 Å². The second-order valence-electron chi connectivity index (χ2n) is 4.74. The van der Waals surface area contributed by atoms with Crippen molar-refractivity contribution in [2.45, 2.75) is 0 Å². The van der Waals surface area contributed by atoms with E-state index in [0.717, 1.165) is 14.0 Å². The smallest absolute Gasteiger partial charge is 0.254 e. The fourth-order valence-corrected chi connectivity index (χ4v) is 4.24. The molecule has 1 fully saturated rings. The fourth-order valence-electron chi connectivity index (χ4n) is 2.29. The molecule has 0 N–H and O–H groups in total. The molecule has 0 atom stereocenters. The van der Waals surface area contributed by atoms with Crippen LogP contribution < -0.4 is 0 Å². The van der Waals surface area contributed by atoms with E-state index in [1.165, 1.54) is 11.3 Å². The lowest BCUT2D eigenvalue weighted by Gasteiger charge is -2.34. The number of hydrogen-bond donors (Lipinski definition) is 0. The van der Waals surface area contributed by atoms with Crippen molar-refractivity contribution in [1.82, 2.24) is 9.80 Å². The van der Waals surface area contributed by atoms with Gasteiger partial charge in [0.05, 0.1) is 14.0 Å². The van der Waals surface area contributed by atoms with Crippen LogP contribution in [-0.2, 0) is 0 Å². The third-order valence-electron chi connectivity index (χ3n) is 3.44. The Bertz CT molecular complexity index is 646. The van der Waals surface area contributed by atoms with E-state index in [2.05, 4.69) is 22.6 Å². The summed E-state index contributed by atoms with van der Waals surface area (Å²) in [6, 6.07) is 3.76. The van der Waals surface area contributed by atoms with Gasteiger partial charge in [0, 0.05) is 36.9 Å². The summed E-state index contributed by atoms with van der Waals surface area (Å²) < 4.78 is 1.11. The molecule has 110 valence electrons. The molecule has 0 bridgehead atoms. The molecular formula is C14H13IN2O2S2. The zero-order valence-corrected chi connectivity index (χ0v) is 14.9. The van der Waals surface area contributed by atoms with Crippen molar-refractivity contribution in [2.75, 3.05) is 26.2 Å². The molecule has 0 unspecified atom stereocenters. The zero-order chi connectivity index (χ0) is 14.8. The van der Waals surface area contributed by atoms with E-state index in [4.69, 9.17) is 0 Å². The maximum absolute atomic E-state index is 12.3. The van der Waals surface area contributed by atoms with Crippen molar-refractivity contribution < 1.29 is 9.59 Å². The van der Waals surface area contributed by atoms with Gasteiger partial charge in [0.2, 0.25) is 0 Å². The van der Waals surface area contributed by atoms with Crippen LogP contribution in [0.15, 0.2) is 28.3 Å². The Kier molecular flexibility index (Phi) is 4.60. The Morgan fingerprint density at radius 2 is 1.62 bits per heavy atom. The van der Waals surface area contributed by atoms with E-state index in [-0.39, 0.29) is 11.8 Å². The number of piperazine rings is 1. The summed E-state index contributed by atoms with van der Waals surface area (Å²) in [6.45, 7) is 2.39. The molecule has 1 aliphatic heterocycles. The molecule has 0 radical (unpaired) electrons. The second-order valence-corrected chi connectivity index (χ2v) is 8.32. The van der Waals surface area contributed by atoms with Gasteiger partial charge in [0.15, 0.2) is 0 Å². The summed E-state index contributed by atoms with van der Waals surface area (Å²) in [4.78, 5) is 28.2. The number of nitrogens with zero attached hydrogens (tertiary/aromatic N) is 2. The molecule has 3 rings (SSSR count). The van der Waals surface area contributed by atoms with Crippen LogP contribution >= 0.6 is 45.3 Å². The number of carbonyl (C=O) groups is 2. The summed E-state index contributed by atoms with van der Waals surface area (Å²) in [6.07, 6.45) is 0. The van der Waals surface area contributed by atoms with Crippen LogP contribution in [0.25, 0.3) is 0 Å². The minimum absolute atomic E-state index is 0.0634. The molecule has 2 amide bonds. The molecule has 1 saturated heterocycles. The molecule has 3 heterocycles. The number of rotatable bonds is 2. The van der Waals surface area contributed by atoms with Crippen molar-refractivity contribution >= 4 is 57.1 Å². The minimum Gasteiger partial charge on any atom is -0.335 e. The predicted molar refractivity (Wildman–Crippen MR) is 93.2 cm³/mol. The number of amides is 2. The predicted octanol–water partition coefficient (Wildman–Crippen LogP) is 3.01. The summed E-state index contributed by atoms with van der Waals surface area (Å²) in [5.74, 6) is 0.130. The third kappa shape index (κ3) is 3.29. The normalized spacial score (nSPS) is 15.3. The molecule has 0 aliphatic carbocycles. The fraction of sp³-hybridized carbons (Fsp3) is 0.286. The van der Waals surface area contributed by atoms with Gasteiger partial charge in [-0.2, -0.15) is 11.3 Å². The summed E-state index contributed by atoms with van der Waals surface area (Å²) in [5.41, 5.74) is 1.49. The summed E-state index contributed by atoms with van der Waals surface area (Å²) in [7, 11) is 0. The maximum Gasteiger partial charge on any atom is 0.254 e. The van der Waals surface area contributed by atoms with Gasteiger partial charge in [0.25, 0.3) is 11.8 Å². The first-order valence-electron chi connectivity index (χ1n) is 6.50. The number of thiophene rings is 2. The molecule has 0 spiro atoms. The first kappa shape index (κ1) is 15.0. The molecule has 4 nitrogen and oxygen atoms in total. The lowest BCUT2D eigenvalue weighted by atomic mass is 10.2. The number of carbonyl (C=O) groups excluding carboxylic acids is 2. The van der Waals surface area contributed by atoms with Gasteiger partial charge < -0.3 is 9.80 Å². The van der Waals surface area contributed by atoms with E-state index < -0.39 is 0 Å². The molecule has 2 aromatic rings. The highest BCUT2D eigenvalue weighted by Crippen LogP contribution is 2.19. The molecule has 0 saturated carbocycles. The van der Waals surface area contributed by atoms with Crippen molar-refractivity contribution in [3.8, 4) is 0 Å². The molecule has 0 aromatic carbocycles. The topological polar surface area (TPSA) is 40.6 Å². The Morgan fingerprint density at radius 3 is 2.10 bits per heavy atom. The van der Waals surface area contributed by atoms with Crippen molar-refractivity contribution in [3.63, 3.8) is 0 Å². The van der Waals surface area contributed by atoms with Crippen molar-refractivity contribution in [1.29, 1.82) is 0 Å². The Balaban J connectivity index is 1.60. The van der Waals surface area contributed by atoms with Crippen LogP contribution in [0.3, 0.4) is 0 Å². The zero-order valence-electron chi connectivity index (χ0n) is 11.1. The van der Waals surface area contributed by atoms with E-state index in [1.807, 2.05) is 38.1 Å². The average molecular weight is 432 g/mol. The first-order chi connectivity index (χ1) is 10.1. The first-order valence-corrected chi connectivity index (χ1v) is 9.40. The largest absolute Gasteiger partial charge is 0.335 e. The number of halogens is 1. The quantitative estimate of drug-likeness (QED) is 0.685. The van der Waals surface area contributed by atoms with Gasteiger partial charge in [-0.1, -0.05) is 0 Å². The van der Waals surface area contributed by atoms with Gasteiger partial charge in [-0.05, 0) is 40.1 Å². The van der Waals surface area contributed by atoms with E-state index >= 15 is 0 Å². The van der Waals surface area contributed by atoms with Crippen molar-refractivity contribution in [2.24, 2.45) is 0 Å². The Morgan fingerprint density at radius 1 is 1.00 bits per heavy atom. The summed E-state index contributed by atoms with van der Waals surface area (Å²) >= 11 is 5.32. The monoisotopic (exact) mass is 432 g/mol. The van der Waals surface area contributed by atoms with Gasteiger partial charge in [0.1, 0.15) is 0 Å². The summed E-state index contributed by atoms with van der Waals surface area (Å²) in [5, 5.41) is 5.67. The SMILES string of the molecule is O=C(c1ccsc1)N1CCN(C(=O)c2csc(I)c2)CC1. The second kappa shape index (κ2) is 6.45. The highest BCUT2D eigenvalue weighted by molar-refractivity contribution is 14.1. The van der Waals surface area contributed by atoms with Gasteiger partial charge >= 0.3 is 0 Å². The highest BCUT2D eigenvalue weighted by Gasteiger charge is 2.25. The van der Waals surface area contributed by atoms with Gasteiger partial charge in [-0.25, -0.2) is 0 Å². The van der Waals surface area contributed by atoms with E-state index in [0.29, 0.717) is 26.2 Å². The molecule has 1 aliphatic rings. The lowest BCUT2D eigenvalue weighted by Crippen LogP contribution is -2.50. The van der Waals surface area contributed by atoms with Crippen LogP contribution in [0.2, 0.25) is 0 Å². The van der Waals surface area contributed by atoms with Crippen LogP contribution in [0.1, 0.15) is 20.7 Å².